The van der Waals surface area contributed by atoms with E-state index in [1.54, 1.807) is 18.3 Å². The Balaban J connectivity index is 1.53. The summed E-state index contributed by atoms with van der Waals surface area (Å²) in [6, 6.07) is 3.43. The average Bonchev–Trinajstić information content (AvgIpc) is 3.08. The van der Waals surface area contributed by atoms with Crippen molar-refractivity contribution in [2.24, 2.45) is 5.92 Å². The van der Waals surface area contributed by atoms with Gasteiger partial charge in [-0.2, -0.15) is 0 Å². The van der Waals surface area contributed by atoms with Crippen molar-refractivity contribution in [2.45, 2.75) is 37.7 Å². The normalized spacial score (nSPS) is 28.3. The number of rotatable bonds is 3. The van der Waals surface area contributed by atoms with Crippen LogP contribution in [0.2, 0.25) is 0 Å². The summed E-state index contributed by atoms with van der Waals surface area (Å²) in [5.74, 6) is 0.905. The quantitative estimate of drug-likeness (QED) is 0.864. The summed E-state index contributed by atoms with van der Waals surface area (Å²) >= 11 is 0. The molecule has 4 heterocycles. The van der Waals surface area contributed by atoms with E-state index in [9.17, 15) is 4.79 Å². The lowest BCUT2D eigenvalue weighted by Gasteiger charge is -2.30. The third kappa shape index (κ3) is 3.14. The van der Waals surface area contributed by atoms with Crippen LogP contribution in [0, 0.1) is 5.92 Å². The molecule has 0 radical (unpaired) electrons. The maximum Gasteiger partial charge on any atom is 0.259 e. The maximum absolute atomic E-state index is 12.2. The highest BCUT2D eigenvalue weighted by Crippen LogP contribution is 2.32. The SMILES string of the molecule is O=c1cc([C@@H]2CCO[C@H](C[C@H]3CCOC3)C2)nc2ccncn12. The van der Waals surface area contributed by atoms with Crippen LogP contribution in [0.15, 0.2) is 29.5 Å². The largest absolute Gasteiger partial charge is 0.381 e. The van der Waals surface area contributed by atoms with Crippen molar-refractivity contribution in [1.82, 2.24) is 14.4 Å². The molecule has 4 rings (SSSR count). The van der Waals surface area contributed by atoms with E-state index in [1.165, 1.54) is 10.7 Å². The second kappa shape index (κ2) is 6.37. The van der Waals surface area contributed by atoms with E-state index >= 15 is 0 Å². The molecule has 2 aliphatic rings. The van der Waals surface area contributed by atoms with Crippen LogP contribution < -0.4 is 5.56 Å². The van der Waals surface area contributed by atoms with Gasteiger partial charge in [0.05, 0.1) is 11.8 Å². The molecule has 2 saturated heterocycles. The number of ether oxygens (including phenoxy) is 2. The molecule has 0 unspecified atom stereocenters. The molecule has 122 valence electrons. The molecule has 6 heteroatoms. The number of hydrogen-bond acceptors (Lipinski definition) is 5. The molecule has 6 nitrogen and oxygen atoms in total. The Hall–Kier alpha value is -1.79. The van der Waals surface area contributed by atoms with Gasteiger partial charge in [0.25, 0.3) is 5.56 Å². The minimum Gasteiger partial charge on any atom is -0.381 e. The Morgan fingerprint density at radius 3 is 3.13 bits per heavy atom. The smallest absolute Gasteiger partial charge is 0.259 e. The summed E-state index contributed by atoms with van der Waals surface area (Å²) in [5.41, 5.74) is 1.48. The maximum atomic E-state index is 12.2. The summed E-state index contributed by atoms with van der Waals surface area (Å²) in [6.45, 7) is 2.46. The van der Waals surface area contributed by atoms with Crippen LogP contribution in [0.4, 0.5) is 0 Å². The highest BCUT2D eigenvalue weighted by molar-refractivity contribution is 5.37. The van der Waals surface area contributed by atoms with E-state index in [0.717, 1.165) is 51.2 Å². The van der Waals surface area contributed by atoms with E-state index in [1.807, 2.05) is 0 Å². The highest BCUT2D eigenvalue weighted by Gasteiger charge is 2.28. The van der Waals surface area contributed by atoms with Gasteiger partial charge < -0.3 is 9.47 Å². The summed E-state index contributed by atoms with van der Waals surface area (Å²) in [4.78, 5) is 20.9. The molecule has 0 N–H and O–H groups in total. The van der Waals surface area contributed by atoms with Gasteiger partial charge in [-0.25, -0.2) is 9.97 Å². The molecular weight excluding hydrogens is 294 g/mol. The van der Waals surface area contributed by atoms with Crippen molar-refractivity contribution in [1.29, 1.82) is 0 Å². The predicted molar refractivity (Wildman–Crippen MR) is 84.5 cm³/mol. The van der Waals surface area contributed by atoms with Gasteiger partial charge in [0.1, 0.15) is 12.0 Å². The van der Waals surface area contributed by atoms with Gasteiger partial charge in [0.2, 0.25) is 0 Å². The lowest BCUT2D eigenvalue weighted by atomic mass is 9.88. The van der Waals surface area contributed by atoms with Gasteiger partial charge >= 0.3 is 0 Å². The van der Waals surface area contributed by atoms with E-state index in [2.05, 4.69) is 9.97 Å². The van der Waals surface area contributed by atoms with Crippen molar-refractivity contribution in [3.8, 4) is 0 Å². The lowest BCUT2D eigenvalue weighted by Crippen LogP contribution is -2.28. The van der Waals surface area contributed by atoms with Gasteiger partial charge in [0.15, 0.2) is 0 Å². The van der Waals surface area contributed by atoms with Crippen LogP contribution in [0.3, 0.4) is 0 Å². The average molecular weight is 315 g/mol. The first-order valence-corrected chi connectivity index (χ1v) is 8.32. The number of nitrogens with zero attached hydrogens (tertiary/aromatic N) is 3. The van der Waals surface area contributed by atoms with Crippen molar-refractivity contribution in [3.63, 3.8) is 0 Å². The lowest BCUT2D eigenvalue weighted by molar-refractivity contribution is -0.00859. The molecule has 23 heavy (non-hydrogen) atoms. The first kappa shape index (κ1) is 14.8. The zero-order valence-electron chi connectivity index (χ0n) is 13.1. The minimum absolute atomic E-state index is 0.0645. The molecule has 2 aromatic rings. The molecule has 0 amide bonds. The topological polar surface area (TPSA) is 65.7 Å². The number of fused-ring (bicyclic) bond motifs is 1. The molecule has 0 spiro atoms. The van der Waals surface area contributed by atoms with E-state index in [-0.39, 0.29) is 11.7 Å². The van der Waals surface area contributed by atoms with Crippen LogP contribution in [-0.2, 0) is 9.47 Å². The summed E-state index contributed by atoms with van der Waals surface area (Å²) in [6.07, 6.45) is 7.47. The minimum atomic E-state index is -0.0645. The van der Waals surface area contributed by atoms with Crippen LogP contribution >= 0.6 is 0 Å². The second-order valence-corrected chi connectivity index (χ2v) is 6.51. The Morgan fingerprint density at radius 2 is 2.26 bits per heavy atom. The highest BCUT2D eigenvalue weighted by atomic mass is 16.5. The molecule has 2 fully saturated rings. The third-order valence-corrected chi connectivity index (χ3v) is 4.90. The zero-order chi connectivity index (χ0) is 15.6. The fourth-order valence-corrected chi connectivity index (χ4v) is 3.64. The standard InChI is InChI=1S/C17H21N3O3/c21-17-9-15(19-16-1-4-18-11-20(16)17)13-3-6-23-14(8-13)7-12-2-5-22-10-12/h1,4,9,11-14H,2-3,5-8,10H2/t12-,13-,14-/m1/s1. The van der Waals surface area contributed by atoms with Gasteiger partial charge in [-0.15, -0.1) is 0 Å². The number of hydrogen-bond donors (Lipinski definition) is 0. The first-order chi connectivity index (χ1) is 11.3. The van der Waals surface area contributed by atoms with Gasteiger partial charge in [-0.3, -0.25) is 9.20 Å². The van der Waals surface area contributed by atoms with E-state index in [0.29, 0.717) is 17.5 Å². The first-order valence-electron chi connectivity index (χ1n) is 8.32. The Bertz CT molecular complexity index is 739. The molecule has 0 saturated carbocycles. The fourth-order valence-electron chi connectivity index (χ4n) is 3.64. The van der Waals surface area contributed by atoms with E-state index < -0.39 is 0 Å². The summed E-state index contributed by atoms with van der Waals surface area (Å²) < 4.78 is 12.9. The van der Waals surface area contributed by atoms with Gasteiger partial charge in [-0.1, -0.05) is 0 Å². The summed E-state index contributed by atoms with van der Waals surface area (Å²) in [5, 5.41) is 0. The Kier molecular flexibility index (Phi) is 4.10. The second-order valence-electron chi connectivity index (χ2n) is 6.51. The Labute approximate surface area is 134 Å². The molecule has 3 atom stereocenters. The zero-order valence-corrected chi connectivity index (χ0v) is 13.1. The van der Waals surface area contributed by atoms with Crippen molar-refractivity contribution in [3.05, 3.63) is 40.7 Å². The molecule has 2 aromatic heterocycles. The van der Waals surface area contributed by atoms with Gasteiger partial charge in [0, 0.05) is 38.0 Å². The fraction of sp³-hybridized carbons (Fsp3) is 0.588. The van der Waals surface area contributed by atoms with Crippen LogP contribution in [0.5, 0.6) is 0 Å². The van der Waals surface area contributed by atoms with Crippen molar-refractivity contribution < 1.29 is 9.47 Å². The molecular formula is C17H21N3O3. The third-order valence-electron chi connectivity index (χ3n) is 4.90. The summed E-state index contributed by atoms with van der Waals surface area (Å²) in [7, 11) is 0. The number of aromatic nitrogens is 3. The Morgan fingerprint density at radius 1 is 1.30 bits per heavy atom. The molecule has 2 aliphatic heterocycles. The van der Waals surface area contributed by atoms with Crippen LogP contribution in [0.25, 0.3) is 5.65 Å². The molecule has 0 bridgehead atoms. The molecule has 0 aliphatic carbocycles. The van der Waals surface area contributed by atoms with Crippen LogP contribution in [-0.4, -0.2) is 40.3 Å². The van der Waals surface area contributed by atoms with Crippen molar-refractivity contribution in [2.75, 3.05) is 19.8 Å². The monoisotopic (exact) mass is 315 g/mol. The predicted octanol–water partition coefficient (Wildman–Crippen LogP) is 1.78. The molecule has 0 aromatic carbocycles. The van der Waals surface area contributed by atoms with Gasteiger partial charge in [-0.05, 0) is 37.7 Å². The van der Waals surface area contributed by atoms with Crippen molar-refractivity contribution >= 4 is 5.65 Å². The van der Waals surface area contributed by atoms with E-state index in [4.69, 9.17) is 9.47 Å². The van der Waals surface area contributed by atoms with Crippen LogP contribution in [0.1, 0.15) is 37.3 Å².